The zero-order valence-corrected chi connectivity index (χ0v) is 8.36. The number of hydrogen-bond acceptors (Lipinski definition) is 1. The molecule has 0 unspecified atom stereocenters. The fraction of sp³-hybridized carbons (Fsp3) is 0.300. The SMILES string of the molecule is CC(=O)NCc1ccc(C(F)(F)F)c(F)c1. The van der Waals surface area contributed by atoms with Gasteiger partial charge in [-0.25, -0.2) is 4.39 Å². The average molecular weight is 235 g/mol. The predicted octanol–water partition coefficient (Wildman–Crippen LogP) is 2.48. The highest BCUT2D eigenvalue weighted by atomic mass is 19.4. The van der Waals surface area contributed by atoms with Crippen LogP contribution in [-0.2, 0) is 17.5 Å². The van der Waals surface area contributed by atoms with E-state index >= 15 is 0 Å². The number of benzene rings is 1. The normalized spacial score (nSPS) is 11.3. The monoisotopic (exact) mass is 235 g/mol. The van der Waals surface area contributed by atoms with Crippen molar-refractivity contribution in [2.75, 3.05) is 0 Å². The smallest absolute Gasteiger partial charge is 0.352 e. The molecular formula is C10H9F4NO. The predicted molar refractivity (Wildman–Crippen MR) is 48.9 cm³/mol. The Morgan fingerprint density at radius 3 is 2.44 bits per heavy atom. The van der Waals surface area contributed by atoms with Crippen LogP contribution in [0.1, 0.15) is 18.1 Å². The first kappa shape index (κ1) is 12.5. The van der Waals surface area contributed by atoms with E-state index < -0.39 is 17.6 Å². The number of nitrogens with one attached hydrogen (secondary N) is 1. The van der Waals surface area contributed by atoms with E-state index in [0.29, 0.717) is 6.07 Å². The highest BCUT2D eigenvalue weighted by molar-refractivity contribution is 5.72. The lowest BCUT2D eigenvalue weighted by atomic mass is 10.1. The Balaban J connectivity index is 2.87. The number of rotatable bonds is 2. The largest absolute Gasteiger partial charge is 0.419 e. The molecule has 0 spiro atoms. The van der Waals surface area contributed by atoms with Crippen molar-refractivity contribution in [1.82, 2.24) is 5.32 Å². The van der Waals surface area contributed by atoms with E-state index in [1.165, 1.54) is 6.92 Å². The van der Waals surface area contributed by atoms with Gasteiger partial charge in [-0.3, -0.25) is 4.79 Å². The molecule has 1 N–H and O–H groups in total. The molecule has 1 amide bonds. The first-order valence-electron chi connectivity index (χ1n) is 4.41. The third kappa shape index (κ3) is 3.22. The van der Waals surface area contributed by atoms with Crippen molar-refractivity contribution in [3.63, 3.8) is 0 Å². The Hall–Kier alpha value is -1.59. The summed E-state index contributed by atoms with van der Waals surface area (Å²) in [4.78, 5) is 10.5. The number of alkyl halides is 3. The van der Waals surface area contributed by atoms with Gasteiger partial charge < -0.3 is 5.32 Å². The first-order chi connectivity index (χ1) is 7.30. The van der Waals surface area contributed by atoms with Gasteiger partial charge in [0.15, 0.2) is 0 Å². The molecule has 0 atom stereocenters. The number of carbonyl (C=O) groups excluding carboxylic acids is 1. The van der Waals surface area contributed by atoms with Gasteiger partial charge >= 0.3 is 6.18 Å². The van der Waals surface area contributed by atoms with Gasteiger partial charge in [0.25, 0.3) is 0 Å². The third-order valence-corrected chi connectivity index (χ3v) is 1.88. The maximum Gasteiger partial charge on any atom is 0.419 e. The number of carbonyl (C=O) groups is 1. The van der Waals surface area contributed by atoms with E-state index in [1.54, 1.807) is 0 Å². The van der Waals surface area contributed by atoms with Gasteiger partial charge in [0.05, 0.1) is 5.56 Å². The summed E-state index contributed by atoms with van der Waals surface area (Å²) >= 11 is 0. The Morgan fingerprint density at radius 2 is 2.00 bits per heavy atom. The lowest BCUT2D eigenvalue weighted by Gasteiger charge is -2.09. The molecule has 0 aliphatic rings. The van der Waals surface area contributed by atoms with Gasteiger partial charge in [-0.1, -0.05) is 6.07 Å². The molecule has 0 bridgehead atoms. The van der Waals surface area contributed by atoms with Crippen molar-refractivity contribution >= 4 is 5.91 Å². The van der Waals surface area contributed by atoms with Crippen LogP contribution in [0, 0.1) is 5.82 Å². The molecule has 88 valence electrons. The van der Waals surface area contributed by atoms with E-state index in [-0.39, 0.29) is 18.0 Å². The molecule has 0 aliphatic carbocycles. The number of halogens is 4. The molecule has 0 aromatic heterocycles. The van der Waals surface area contributed by atoms with E-state index in [9.17, 15) is 22.4 Å². The van der Waals surface area contributed by atoms with Crippen molar-refractivity contribution in [2.24, 2.45) is 0 Å². The Bertz CT molecular complexity index is 400. The molecule has 16 heavy (non-hydrogen) atoms. The summed E-state index contributed by atoms with van der Waals surface area (Å²) < 4.78 is 49.6. The third-order valence-electron chi connectivity index (χ3n) is 1.88. The molecule has 0 fully saturated rings. The van der Waals surface area contributed by atoms with Crippen molar-refractivity contribution in [3.05, 3.63) is 35.1 Å². The van der Waals surface area contributed by atoms with Crippen molar-refractivity contribution in [3.8, 4) is 0 Å². The minimum atomic E-state index is -4.70. The van der Waals surface area contributed by atoms with Gasteiger partial charge in [0, 0.05) is 13.5 Å². The van der Waals surface area contributed by atoms with E-state index in [0.717, 1.165) is 12.1 Å². The fourth-order valence-electron chi connectivity index (χ4n) is 1.13. The van der Waals surface area contributed by atoms with Gasteiger partial charge in [-0.05, 0) is 17.7 Å². The number of hydrogen-bond donors (Lipinski definition) is 1. The summed E-state index contributed by atoms with van der Waals surface area (Å²) in [5, 5.41) is 2.36. The van der Waals surface area contributed by atoms with Gasteiger partial charge in [0.1, 0.15) is 5.82 Å². The second-order valence-electron chi connectivity index (χ2n) is 3.22. The molecular weight excluding hydrogens is 226 g/mol. The molecule has 0 saturated carbocycles. The van der Waals surface area contributed by atoms with Gasteiger partial charge in [-0.2, -0.15) is 13.2 Å². The van der Waals surface area contributed by atoms with E-state index in [2.05, 4.69) is 5.32 Å². The highest BCUT2D eigenvalue weighted by Crippen LogP contribution is 2.31. The van der Waals surface area contributed by atoms with Crippen LogP contribution >= 0.6 is 0 Å². The zero-order chi connectivity index (χ0) is 12.3. The van der Waals surface area contributed by atoms with Crippen LogP contribution in [0.15, 0.2) is 18.2 Å². The van der Waals surface area contributed by atoms with Crippen LogP contribution in [0.3, 0.4) is 0 Å². The second kappa shape index (κ2) is 4.51. The molecule has 1 aromatic rings. The van der Waals surface area contributed by atoms with Gasteiger partial charge in [-0.15, -0.1) is 0 Å². The summed E-state index contributed by atoms with van der Waals surface area (Å²) in [6.45, 7) is 1.27. The minimum Gasteiger partial charge on any atom is -0.352 e. The molecule has 0 heterocycles. The number of amides is 1. The van der Waals surface area contributed by atoms with Crippen LogP contribution < -0.4 is 5.32 Å². The first-order valence-corrected chi connectivity index (χ1v) is 4.41. The van der Waals surface area contributed by atoms with Crippen LogP contribution in [0.25, 0.3) is 0 Å². The molecule has 1 aromatic carbocycles. The van der Waals surface area contributed by atoms with Crippen LogP contribution in [0.5, 0.6) is 0 Å². The minimum absolute atomic E-state index is 0.00436. The Morgan fingerprint density at radius 1 is 1.38 bits per heavy atom. The quantitative estimate of drug-likeness (QED) is 0.784. The topological polar surface area (TPSA) is 29.1 Å². The van der Waals surface area contributed by atoms with Crippen LogP contribution in [0.2, 0.25) is 0 Å². The molecule has 1 rings (SSSR count). The lowest BCUT2D eigenvalue weighted by molar-refractivity contribution is -0.140. The maximum atomic E-state index is 13.0. The Labute approximate surface area is 89.3 Å². The lowest BCUT2D eigenvalue weighted by Crippen LogP contribution is -2.19. The summed E-state index contributed by atoms with van der Waals surface area (Å²) in [6, 6.07) is 2.55. The maximum absolute atomic E-state index is 13.0. The van der Waals surface area contributed by atoms with Crippen LogP contribution in [-0.4, -0.2) is 5.91 Å². The molecule has 0 saturated heterocycles. The van der Waals surface area contributed by atoms with Crippen molar-refractivity contribution in [2.45, 2.75) is 19.6 Å². The molecule has 0 aliphatic heterocycles. The molecule has 6 heteroatoms. The zero-order valence-electron chi connectivity index (χ0n) is 8.36. The molecule has 0 radical (unpaired) electrons. The highest BCUT2D eigenvalue weighted by Gasteiger charge is 2.33. The van der Waals surface area contributed by atoms with Crippen LogP contribution in [0.4, 0.5) is 17.6 Å². The second-order valence-corrected chi connectivity index (χ2v) is 3.22. The summed E-state index contributed by atoms with van der Waals surface area (Å²) in [6.07, 6.45) is -4.70. The standard InChI is InChI=1S/C10H9F4NO/c1-6(16)15-5-7-2-3-8(9(11)4-7)10(12,13)14/h2-4H,5H2,1H3,(H,15,16). The Kier molecular flexibility index (Phi) is 3.51. The van der Waals surface area contributed by atoms with Gasteiger partial charge in [0.2, 0.25) is 5.91 Å². The average Bonchev–Trinajstić information content (AvgIpc) is 2.12. The van der Waals surface area contributed by atoms with E-state index in [1.807, 2.05) is 0 Å². The molecule has 2 nitrogen and oxygen atoms in total. The fourth-order valence-corrected chi connectivity index (χ4v) is 1.13. The summed E-state index contributed by atoms with van der Waals surface area (Å²) in [5.41, 5.74) is -1.03. The van der Waals surface area contributed by atoms with E-state index in [4.69, 9.17) is 0 Å². The van der Waals surface area contributed by atoms with Crippen molar-refractivity contribution in [1.29, 1.82) is 0 Å². The van der Waals surface area contributed by atoms with Crippen molar-refractivity contribution < 1.29 is 22.4 Å². The summed E-state index contributed by atoms with van der Waals surface area (Å²) in [5.74, 6) is -1.67. The summed E-state index contributed by atoms with van der Waals surface area (Å²) in [7, 11) is 0.